The molecule has 0 spiro atoms. The van der Waals surface area contributed by atoms with E-state index in [4.69, 9.17) is 5.73 Å². The number of benzene rings is 1. The van der Waals surface area contributed by atoms with E-state index < -0.39 is 0 Å². The fourth-order valence-electron chi connectivity index (χ4n) is 1.73. The molecule has 0 aliphatic carbocycles. The van der Waals surface area contributed by atoms with Crippen LogP contribution in [0.1, 0.15) is 17.2 Å². The number of rotatable bonds is 3. The molecule has 2 rings (SSSR count). The minimum Gasteiger partial charge on any atom is -0.328 e. The second-order valence-corrected chi connectivity index (χ2v) is 3.77. The van der Waals surface area contributed by atoms with E-state index in [-0.39, 0.29) is 24.3 Å². The van der Waals surface area contributed by atoms with Crippen LogP contribution in [0.2, 0.25) is 0 Å². The number of aromatic nitrogens is 2. The van der Waals surface area contributed by atoms with Gasteiger partial charge in [0.05, 0.1) is 12.2 Å². The average Bonchev–Trinajstić information content (AvgIpc) is 2.69. The second-order valence-electron chi connectivity index (χ2n) is 3.77. The molecule has 0 radical (unpaired) electrons. The van der Waals surface area contributed by atoms with E-state index in [0.717, 1.165) is 5.56 Å². The van der Waals surface area contributed by atoms with Crippen molar-refractivity contribution in [2.24, 2.45) is 5.73 Å². The van der Waals surface area contributed by atoms with E-state index in [1.54, 1.807) is 29.1 Å². The molecule has 0 bridgehead atoms. The summed E-state index contributed by atoms with van der Waals surface area (Å²) in [7, 11) is 0. The molecule has 0 aliphatic heterocycles. The molecule has 92 valence electrons. The lowest BCUT2D eigenvalue weighted by atomic mass is 10.1. The lowest BCUT2D eigenvalue weighted by molar-refractivity contribution is 0.498. The number of hydrogen-bond donors (Lipinski definition) is 1. The van der Waals surface area contributed by atoms with Crippen molar-refractivity contribution in [3.8, 4) is 0 Å². The third-order valence-electron chi connectivity index (χ3n) is 2.54. The van der Waals surface area contributed by atoms with Crippen molar-refractivity contribution in [1.29, 1.82) is 0 Å². The molecule has 1 aromatic carbocycles. The Balaban J connectivity index is 0.00000144. The van der Waals surface area contributed by atoms with Gasteiger partial charge in [0.2, 0.25) is 0 Å². The average molecular weight is 256 g/mol. The van der Waals surface area contributed by atoms with E-state index in [9.17, 15) is 4.39 Å². The van der Waals surface area contributed by atoms with Gasteiger partial charge in [-0.15, -0.1) is 12.4 Å². The molecule has 5 heteroatoms. The summed E-state index contributed by atoms with van der Waals surface area (Å²) in [5, 5.41) is 4.17. The van der Waals surface area contributed by atoms with Crippen LogP contribution in [0, 0.1) is 12.7 Å². The van der Waals surface area contributed by atoms with Gasteiger partial charge in [0.25, 0.3) is 0 Å². The third kappa shape index (κ3) is 2.84. The zero-order valence-corrected chi connectivity index (χ0v) is 10.3. The second kappa shape index (κ2) is 5.80. The summed E-state index contributed by atoms with van der Waals surface area (Å²) in [5.74, 6) is -0.244. The largest absolute Gasteiger partial charge is 0.328 e. The van der Waals surface area contributed by atoms with Crippen molar-refractivity contribution in [1.82, 2.24) is 9.78 Å². The van der Waals surface area contributed by atoms with E-state index in [1.165, 1.54) is 6.07 Å². The van der Waals surface area contributed by atoms with Crippen LogP contribution in [-0.2, 0) is 0 Å². The van der Waals surface area contributed by atoms with Crippen molar-refractivity contribution in [3.05, 3.63) is 53.6 Å². The minimum absolute atomic E-state index is 0. The Morgan fingerprint density at radius 2 is 2.12 bits per heavy atom. The Labute approximate surface area is 106 Å². The molecule has 0 saturated carbocycles. The summed E-state index contributed by atoms with van der Waals surface area (Å²) >= 11 is 0. The monoisotopic (exact) mass is 255 g/mol. The number of nitrogens with zero attached hydrogens (tertiary/aromatic N) is 2. The van der Waals surface area contributed by atoms with Crippen LogP contribution in [0.15, 0.2) is 36.7 Å². The van der Waals surface area contributed by atoms with Crippen LogP contribution in [0.4, 0.5) is 4.39 Å². The van der Waals surface area contributed by atoms with E-state index >= 15 is 0 Å². The summed E-state index contributed by atoms with van der Waals surface area (Å²) in [6.45, 7) is 2.26. The van der Waals surface area contributed by atoms with Crippen LogP contribution in [0.3, 0.4) is 0 Å². The van der Waals surface area contributed by atoms with Gasteiger partial charge >= 0.3 is 0 Å². The predicted molar refractivity (Wildman–Crippen MR) is 67.8 cm³/mol. The topological polar surface area (TPSA) is 43.8 Å². The van der Waals surface area contributed by atoms with Gasteiger partial charge < -0.3 is 5.73 Å². The van der Waals surface area contributed by atoms with Gasteiger partial charge in [-0.2, -0.15) is 5.10 Å². The number of halogens is 2. The fraction of sp³-hybridized carbons (Fsp3) is 0.250. The summed E-state index contributed by atoms with van der Waals surface area (Å²) < 4.78 is 15.3. The van der Waals surface area contributed by atoms with E-state index in [0.29, 0.717) is 12.1 Å². The Hall–Kier alpha value is -1.39. The molecule has 1 atom stereocenters. The van der Waals surface area contributed by atoms with Gasteiger partial charge in [-0.1, -0.05) is 18.2 Å². The van der Waals surface area contributed by atoms with Gasteiger partial charge in [0.15, 0.2) is 0 Å². The van der Waals surface area contributed by atoms with Crippen LogP contribution in [0.5, 0.6) is 0 Å². The van der Waals surface area contributed by atoms with Crippen molar-refractivity contribution >= 4 is 12.4 Å². The SMILES string of the molecule is Cc1cnn(C(CN)c2ccccc2F)c1.Cl. The standard InChI is InChI=1S/C12H14FN3.ClH/c1-9-7-15-16(8-9)12(6-14)10-4-2-3-5-11(10)13;/h2-5,7-8,12H,6,14H2,1H3;1H. The van der Waals surface area contributed by atoms with Crippen molar-refractivity contribution in [3.63, 3.8) is 0 Å². The molecule has 3 nitrogen and oxygen atoms in total. The van der Waals surface area contributed by atoms with Crippen molar-refractivity contribution in [2.75, 3.05) is 6.54 Å². The maximum Gasteiger partial charge on any atom is 0.128 e. The molecule has 0 aliphatic rings. The maximum atomic E-state index is 13.6. The Bertz CT molecular complexity index is 484. The molecule has 0 fully saturated rings. The zero-order valence-electron chi connectivity index (χ0n) is 9.51. The van der Waals surface area contributed by atoms with Gasteiger partial charge in [0, 0.05) is 18.3 Å². The highest BCUT2D eigenvalue weighted by atomic mass is 35.5. The van der Waals surface area contributed by atoms with E-state index in [2.05, 4.69) is 5.10 Å². The van der Waals surface area contributed by atoms with Gasteiger partial charge in [-0.05, 0) is 18.6 Å². The highest BCUT2D eigenvalue weighted by Gasteiger charge is 2.16. The molecule has 2 N–H and O–H groups in total. The van der Waals surface area contributed by atoms with Crippen LogP contribution in [-0.4, -0.2) is 16.3 Å². The summed E-state index contributed by atoms with van der Waals surface area (Å²) in [4.78, 5) is 0. The van der Waals surface area contributed by atoms with Crippen LogP contribution < -0.4 is 5.73 Å². The molecule has 17 heavy (non-hydrogen) atoms. The summed E-state index contributed by atoms with van der Waals surface area (Å²) in [6.07, 6.45) is 3.60. The summed E-state index contributed by atoms with van der Waals surface area (Å²) in [6, 6.07) is 6.41. The van der Waals surface area contributed by atoms with Gasteiger partial charge in [-0.3, -0.25) is 4.68 Å². The maximum absolute atomic E-state index is 13.6. The Kier molecular flexibility index (Phi) is 4.66. The number of hydrogen-bond acceptors (Lipinski definition) is 2. The molecule has 1 heterocycles. The first-order valence-electron chi connectivity index (χ1n) is 5.17. The number of aryl methyl sites for hydroxylation is 1. The quantitative estimate of drug-likeness (QED) is 0.915. The molecule has 1 aromatic heterocycles. The predicted octanol–water partition coefficient (Wildman–Crippen LogP) is 2.30. The minimum atomic E-state index is -0.244. The zero-order chi connectivity index (χ0) is 11.5. The van der Waals surface area contributed by atoms with E-state index in [1.807, 2.05) is 13.1 Å². The highest BCUT2D eigenvalue weighted by molar-refractivity contribution is 5.85. The molecular formula is C12H15ClFN3. The molecule has 0 saturated heterocycles. The van der Waals surface area contributed by atoms with Gasteiger partial charge in [-0.25, -0.2) is 4.39 Å². The highest BCUT2D eigenvalue weighted by Crippen LogP contribution is 2.19. The first kappa shape index (κ1) is 13.7. The lowest BCUT2D eigenvalue weighted by Crippen LogP contribution is -2.21. The normalized spacial score (nSPS) is 11.9. The third-order valence-corrected chi connectivity index (χ3v) is 2.54. The number of nitrogens with two attached hydrogens (primary N) is 1. The van der Waals surface area contributed by atoms with Crippen molar-refractivity contribution < 1.29 is 4.39 Å². The smallest absolute Gasteiger partial charge is 0.128 e. The fourth-order valence-corrected chi connectivity index (χ4v) is 1.73. The first-order valence-corrected chi connectivity index (χ1v) is 5.17. The van der Waals surface area contributed by atoms with Gasteiger partial charge in [0.1, 0.15) is 5.82 Å². The first-order chi connectivity index (χ1) is 7.72. The lowest BCUT2D eigenvalue weighted by Gasteiger charge is -2.16. The molecule has 2 aromatic rings. The Morgan fingerprint density at radius 3 is 2.65 bits per heavy atom. The Morgan fingerprint density at radius 1 is 1.41 bits per heavy atom. The van der Waals surface area contributed by atoms with Crippen LogP contribution in [0.25, 0.3) is 0 Å². The molecule has 1 unspecified atom stereocenters. The van der Waals surface area contributed by atoms with Crippen LogP contribution >= 0.6 is 12.4 Å². The summed E-state index contributed by atoms with van der Waals surface area (Å²) in [5.41, 5.74) is 7.30. The van der Waals surface area contributed by atoms with Crippen molar-refractivity contribution in [2.45, 2.75) is 13.0 Å². The molecule has 0 amide bonds. The molecular weight excluding hydrogens is 241 g/mol.